The number of nitrogens with zero attached hydrogens (tertiary/aromatic N) is 1. The Kier molecular flexibility index (Phi) is 6.65. The van der Waals surface area contributed by atoms with Crippen LogP contribution in [0.25, 0.3) is 0 Å². The van der Waals surface area contributed by atoms with Gasteiger partial charge in [0.15, 0.2) is 5.96 Å². The van der Waals surface area contributed by atoms with Crippen LogP contribution in [-0.2, 0) is 4.74 Å². The van der Waals surface area contributed by atoms with Crippen molar-refractivity contribution in [2.75, 3.05) is 26.8 Å². The highest BCUT2D eigenvalue weighted by molar-refractivity contribution is 5.80. The summed E-state index contributed by atoms with van der Waals surface area (Å²) in [6.07, 6.45) is 3.03. The third kappa shape index (κ3) is 4.98. The van der Waals surface area contributed by atoms with E-state index in [-0.39, 0.29) is 17.8 Å². The van der Waals surface area contributed by atoms with Gasteiger partial charge in [0.1, 0.15) is 5.82 Å². The molecule has 1 saturated carbocycles. The Morgan fingerprint density at radius 3 is 2.91 bits per heavy atom. The van der Waals surface area contributed by atoms with Crippen molar-refractivity contribution in [2.24, 2.45) is 4.99 Å². The van der Waals surface area contributed by atoms with Gasteiger partial charge in [-0.05, 0) is 37.8 Å². The van der Waals surface area contributed by atoms with E-state index in [1.807, 2.05) is 19.1 Å². The number of ether oxygens (including phenoxy) is 1. The van der Waals surface area contributed by atoms with Gasteiger partial charge in [-0.1, -0.05) is 18.2 Å². The van der Waals surface area contributed by atoms with Gasteiger partial charge in [-0.2, -0.15) is 0 Å². The van der Waals surface area contributed by atoms with Crippen molar-refractivity contribution in [1.82, 2.24) is 10.6 Å². The topological polar surface area (TPSA) is 45.6 Å². The van der Waals surface area contributed by atoms with Crippen LogP contribution in [0.15, 0.2) is 29.3 Å². The molecule has 1 fully saturated rings. The molecule has 0 radical (unpaired) electrons. The third-order valence-electron chi connectivity index (χ3n) is 3.85. The Labute approximate surface area is 132 Å². The largest absolute Gasteiger partial charge is 0.382 e. The number of aliphatic imine (C=N–C) groups is 1. The fraction of sp³-hybridized carbons (Fsp3) is 0.588. The molecule has 0 heterocycles. The summed E-state index contributed by atoms with van der Waals surface area (Å²) >= 11 is 0. The van der Waals surface area contributed by atoms with Crippen LogP contribution < -0.4 is 10.6 Å². The summed E-state index contributed by atoms with van der Waals surface area (Å²) in [4.78, 5) is 4.22. The zero-order valence-corrected chi connectivity index (χ0v) is 13.4. The molecule has 2 atom stereocenters. The van der Waals surface area contributed by atoms with Crippen molar-refractivity contribution in [3.05, 3.63) is 35.6 Å². The van der Waals surface area contributed by atoms with E-state index in [4.69, 9.17) is 4.74 Å². The highest BCUT2D eigenvalue weighted by Crippen LogP contribution is 2.41. The number of unbranched alkanes of at least 4 members (excludes halogenated alkanes) is 1. The zero-order chi connectivity index (χ0) is 15.8. The quantitative estimate of drug-likeness (QED) is 0.441. The summed E-state index contributed by atoms with van der Waals surface area (Å²) < 4.78 is 19.0. The Hall–Kier alpha value is -1.62. The first-order valence-electron chi connectivity index (χ1n) is 8.05. The molecule has 122 valence electrons. The first kappa shape index (κ1) is 16.7. The lowest BCUT2D eigenvalue weighted by Crippen LogP contribution is -2.39. The van der Waals surface area contributed by atoms with Crippen molar-refractivity contribution < 1.29 is 9.13 Å². The maximum Gasteiger partial charge on any atom is 0.191 e. The number of hydrogen-bond acceptors (Lipinski definition) is 2. The molecule has 0 amide bonds. The maximum atomic E-state index is 13.7. The molecule has 1 aliphatic rings. The first-order valence-corrected chi connectivity index (χ1v) is 8.05. The maximum absolute atomic E-state index is 13.7. The zero-order valence-electron chi connectivity index (χ0n) is 13.4. The van der Waals surface area contributed by atoms with Gasteiger partial charge >= 0.3 is 0 Å². The summed E-state index contributed by atoms with van der Waals surface area (Å²) in [5.74, 6) is 0.925. The summed E-state index contributed by atoms with van der Waals surface area (Å²) in [5.41, 5.74) is 0.798. The lowest BCUT2D eigenvalue weighted by Gasteiger charge is -2.12. The smallest absolute Gasteiger partial charge is 0.191 e. The number of nitrogens with one attached hydrogen (secondary N) is 2. The van der Waals surface area contributed by atoms with Crippen LogP contribution in [0.3, 0.4) is 0 Å². The second kappa shape index (κ2) is 8.73. The number of guanidine groups is 1. The molecule has 0 bridgehead atoms. The van der Waals surface area contributed by atoms with Crippen LogP contribution in [0.1, 0.15) is 37.7 Å². The highest BCUT2D eigenvalue weighted by atomic mass is 19.1. The minimum Gasteiger partial charge on any atom is -0.382 e. The highest BCUT2D eigenvalue weighted by Gasteiger charge is 2.40. The average molecular weight is 307 g/mol. The third-order valence-corrected chi connectivity index (χ3v) is 3.85. The summed E-state index contributed by atoms with van der Waals surface area (Å²) in [5, 5.41) is 6.65. The Balaban J connectivity index is 1.68. The van der Waals surface area contributed by atoms with Crippen molar-refractivity contribution in [2.45, 2.75) is 38.1 Å². The molecule has 22 heavy (non-hydrogen) atoms. The second-order valence-corrected chi connectivity index (χ2v) is 5.52. The molecule has 0 aromatic heterocycles. The van der Waals surface area contributed by atoms with Crippen molar-refractivity contribution >= 4 is 5.96 Å². The molecular formula is C17H26FN3O. The number of rotatable bonds is 8. The van der Waals surface area contributed by atoms with Crippen LogP contribution in [0.5, 0.6) is 0 Å². The minimum absolute atomic E-state index is 0.115. The Bertz CT molecular complexity index is 493. The molecule has 1 aromatic rings. The molecule has 1 aliphatic carbocycles. The lowest BCUT2D eigenvalue weighted by atomic mass is 10.1. The number of halogens is 1. The summed E-state index contributed by atoms with van der Waals surface area (Å²) in [6, 6.07) is 7.28. The van der Waals surface area contributed by atoms with Crippen LogP contribution >= 0.6 is 0 Å². The molecule has 0 spiro atoms. The van der Waals surface area contributed by atoms with E-state index in [1.165, 1.54) is 6.07 Å². The van der Waals surface area contributed by atoms with Gasteiger partial charge < -0.3 is 15.4 Å². The number of hydrogen-bond donors (Lipinski definition) is 2. The van der Waals surface area contributed by atoms with E-state index in [0.29, 0.717) is 0 Å². The van der Waals surface area contributed by atoms with Crippen molar-refractivity contribution in [3.63, 3.8) is 0 Å². The van der Waals surface area contributed by atoms with Gasteiger partial charge in [-0.3, -0.25) is 4.99 Å². The van der Waals surface area contributed by atoms with E-state index in [0.717, 1.165) is 50.5 Å². The fourth-order valence-electron chi connectivity index (χ4n) is 2.52. The molecule has 1 aromatic carbocycles. The molecule has 2 rings (SSSR count). The Morgan fingerprint density at radius 1 is 1.36 bits per heavy atom. The molecule has 0 saturated heterocycles. The van der Waals surface area contributed by atoms with E-state index in [1.54, 1.807) is 13.1 Å². The second-order valence-electron chi connectivity index (χ2n) is 5.52. The fourth-order valence-corrected chi connectivity index (χ4v) is 2.52. The van der Waals surface area contributed by atoms with Crippen LogP contribution in [0.4, 0.5) is 4.39 Å². The summed E-state index contributed by atoms with van der Waals surface area (Å²) in [7, 11) is 1.76. The van der Waals surface area contributed by atoms with E-state index >= 15 is 0 Å². The number of benzene rings is 1. The van der Waals surface area contributed by atoms with Gasteiger partial charge in [0.2, 0.25) is 0 Å². The van der Waals surface area contributed by atoms with Gasteiger partial charge in [-0.15, -0.1) is 0 Å². The Morgan fingerprint density at radius 2 is 2.18 bits per heavy atom. The molecule has 2 N–H and O–H groups in total. The van der Waals surface area contributed by atoms with Gasteiger partial charge in [0.05, 0.1) is 0 Å². The van der Waals surface area contributed by atoms with E-state index in [2.05, 4.69) is 15.6 Å². The normalized spacial score (nSPS) is 20.8. The molecular weight excluding hydrogens is 281 g/mol. The van der Waals surface area contributed by atoms with Crippen molar-refractivity contribution in [1.29, 1.82) is 0 Å². The molecule has 0 aliphatic heterocycles. The predicted octanol–water partition coefficient (Wildman–Crippen LogP) is 2.66. The van der Waals surface area contributed by atoms with Crippen molar-refractivity contribution in [3.8, 4) is 0 Å². The predicted molar refractivity (Wildman–Crippen MR) is 87.8 cm³/mol. The summed E-state index contributed by atoms with van der Waals surface area (Å²) in [6.45, 7) is 4.45. The standard InChI is InChI=1S/C17H26FN3O/c1-3-22-11-7-6-10-20-17(19-2)21-16-12-14(16)13-8-4-5-9-15(13)18/h4-5,8-9,14,16H,3,6-7,10-12H2,1-2H3,(H2,19,20,21). The van der Waals surface area contributed by atoms with Gasteiger partial charge in [-0.25, -0.2) is 4.39 Å². The van der Waals surface area contributed by atoms with Crippen LogP contribution in [-0.4, -0.2) is 38.8 Å². The molecule has 2 unspecified atom stereocenters. The lowest BCUT2D eigenvalue weighted by molar-refractivity contribution is 0.143. The SMILES string of the molecule is CCOCCCCNC(=NC)NC1CC1c1ccccc1F. The van der Waals surface area contributed by atoms with Crippen LogP contribution in [0.2, 0.25) is 0 Å². The minimum atomic E-state index is -0.115. The molecule has 5 heteroatoms. The molecule has 4 nitrogen and oxygen atoms in total. The van der Waals surface area contributed by atoms with Gasteiger partial charge in [0, 0.05) is 38.8 Å². The van der Waals surface area contributed by atoms with Crippen LogP contribution in [0, 0.1) is 5.82 Å². The van der Waals surface area contributed by atoms with E-state index < -0.39 is 0 Å². The first-order chi connectivity index (χ1) is 10.8. The van der Waals surface area contributed by atoms with Gasteiger partial charge in [0.25, 0.3) is 0 Å². The monoisotopic (exact) mass is 307 g/mol. The average Bonchev–Trinajstić information content (AvgIpc) is 3.29. The van der Waals surface area contributed by atoms with E-state index in [9.17, 15) is 4.39 Å².